The molecular formula is C15H15N3O5. The summed E-state index contributed by atoms with van der Waals surface area (Å²) in [5.41, 5.74) is 1.07. The number of rotatable bonds is 4. The second-order valence-corrected chi connectivity index (χ2v) is 5.10. The molecule has 0 aromatic heterocycles. The number of aliphatic hydroxyl groups is 1. The molecule has 0 aliphatic carbocycles. The van der Waals surface area contributed by atoms with Gasteiger partial charge in [0.05, 0.1) is 18.8 Å². The Kier molecular flexibility index (Phi) is 3.75. The van der Waals surface area contributed by atoms with Crippen molar-refractivity contribution in [2.24, 2.45) is 0 Å². The number of carbonyl (C=O) groups excluding carboxylic acids is 3. The molecule has 0 saturated carbocycles. The van der Waals surface area contributed by atoms with Crippen molar-refractivity contribution in [2.45, 2.75) is 0 Å². The first-order chi connectivity index (χ1) is 11.0. The Labute approximate surface area is 131 Å². The summed E-state index contributed by atoms with van der Waals surface area (Å²) in [6.07, 6.45) is 1.17. The number of hydrogen-bond acceptors (Lipinski definition) is 6. The first-order valence-electron chi connectivity index (χ1n) is 7.00. The molecule has 2 heterocycles. The Bertz CT molecular complexity index is 728. The molecule has 0 fully saturated rings. The molecule has 1 aromatic carbocycles. The van der Waals surface area contributed by atoms with Gasteiger partial charge in [0.25, 0.3) is 17.7 Å². The zero-order valence-electron chi connectivity index (χ0n) is 12.4. The van der Waals surface area contributed by atoms with E-state index in [1.54, 1.807) is 25.2 Å². The van der Waals surface area contributed by atoms with Gasteiger partial charge in [-0.25, -0.2) is 0 Å². The Morgan fingerprint density at radius 2 is 2.09 bits per heavy atom. The van der Waals surface area contributed by atoms with E-state index in [1.807, 2.05) is 0 Å². The van der Waals surface area contributed by atoms with E-state index in [0.29, 0.717) is 17.1 Å². The normalized spacial score (nSPS) is 17.1. The zero-order valence-corrected chi connectivity index (χ0v) is 12.4. The van der Waals surface area contributed by atoms with Gasteiger partial charge in [0, 0.05) is 13.1 Å². The molecule has 1 aromatic rings. The fourth-order valence-corrected chi connectivity index (χ4v) is 2.50. The number of anilines is 2. The summed E-state index contributed by atoms with van der Waals surface area (Å²) in [7, 11) is 1.61. The third-order valence-electron chi connectivity index (χ3n) is 3.66. The van der Waals surface area contributed by atoms with Crippen LogP contribution in [0.15, 0.2) is 30.0 Å². The maximum Gasteiger partial charge on any atom is 0.277 e. The highest BCUT2D eigenvalue weighted by atomic mass is 16.5. The predicted octanol–water partition coefficient (Wildman–Crippen LogP) is -0.301. The Morgan fingerprint density at radius 1 is 1.30 bits per heavy atom. The van der Waals surface area contributed by atoms with Crippen molar-refractivity contribution < 1.29 is 24.2 Å². The molecule has 3 rings (SSSR count). The highest BCUT2D eigenvalue weighted by molar-refractivity contribution is 6.18. The molecule has 2 aliphatic heterocycles. The molecule has 0 unspecified atom stereocenters. The van der Waals surface area contributed by atoms with E-state index in [2.05, 4.69) is 5.32 Å². The average Bonchev–Trinajstić information content (AvgIpc) is 2.79. The number of fused-ring (bicyclic) bond motifs is 1. The number of aliphatic hydroxyl groups excluding tert-OH is 1. The first-order valence-corrected chi connectivity index (χ1v) is 7.00. The molecule has 0 saturated heterocycles. The minimum atomic E-state index is -0.521. The van der Waals surface area contributed by atoms with Crippen LogP contribution in [0.4, 0.5) is 11.4 Å². The predicted molar refractivity (Wildman–Crippen MR) is 80.9 cm³/mol. The second-order valence-electron chi connectivity index (χ2n) is 5.10. The number of ether oxygens (including phenoxy) is 1. The molecule has 2 N–H and O–H groups in total. The van der Waals surface area contributed by atoms with Crippen LogP contribution in [0.25, 0.3) is 0 Å². The molecule has 8 heteroatoms. The zero-order chi connectivity index (χ0) is 16.6. The number of hydrogen-bond donors (Lipinski definition) is 2. The number of imide groups is 1. The molecule has 120 valence electrons. The topological polar surface area (TPSA) is 99.2 Å². The molecule has 23 heavy (non-hydrogen) atoms. The van der Waals surface area contributed by atoms with Crippen molar-refractivity contribution >= 4 is 29.1 Å². The van der Waals surface area contributed by atoms with Crippen molar-refractivity contribution in [2.75, 3.05) is 37.0 Å². The van der Waals surface area contributed by atoms with E-state index in [9.17, 15) is 14.4 Å². The number of nitrogens with zero attached hydrogens (tertiary/aromatic N) is 2. The number of carbonyl (C=O) groups is 3. The summed E-state index contributed by atoms with van der Waals surface area (Å²) in [5, 5.41) is 11.8. The smallest absolute Gasteiger partial charge is 0.277 e. The molecule has 0 bridgehead atoms. The van der Waals surface area contributed by atoms with Crippen molar-refractivity contribution in [3.63, 3.8) is 0 Å². The average molecular weight is 317 g/mol. The third-order valence-corrected chi connectivity index (χ3v) is 3.66. The van der Waals surface area contributed by atoms with Gasteiger partial charge in [0.2, 0.25) is 0 Å². The van der Waals surface area contributed by atoms with E-state index in [1.165, 1.54) is 11.0 Å². The summed E-state index contributed by atoms with van der Waals surface area (Å²) in [6.45, 7) is -0.407. The van der Waals surface area contributed by atoms with Crippen LogP contribution >= 0.6 is 0 Å². The largest absolute Gasteiger partial charge is 0.481 e. The van der Waals surface area contributed by atoms with Crippen LogP contribution in [0.3, 0.4) is 0 Å². The molecule has 2 aliphatic rings. The lowest BCUT2D eigenvalue weighted by atomic mass is 10.2. The number of nitrogens with one attached hydrogen (secondary N) is 1. The number of likely N-dealkylation sites (N-methyl/N-ethyl adjacent to an activating group) is 1. The lowest BCUT2D eigenvalue weighted by molar-refractivity contribution is -0.137. The second kappa shape index (κ2) is 5.73. The Balaban J connectivity index is 1.91. The molecule has 0 spiro atoms. The minimum absolute atomic E-state index is 0.0443. The van der Waals surface area contributed by atoms with Gasteiger partial charge in [-0.3, -0.25) is 19.3 Å². The SMILES string of the molecule is CN1C(=O)COc2cccc(NC3=CC(=O)N(CCO)C3=O)c21. The Hall–Kier alpha value is -2.87. The summed E-state index contributed by atoms with van der Waals surface area (Å²) in [5.74, 6) is -0.706. The van der Waals surface area contributed by atoms with E-state index in [4.69, 9.17) is 9.84 Å². The van der Waals surface area contributed by atoms with Crippen LogP contribution in [0.1, 0.15) is 0 Å². The maximum atomic E-state index is 12.2. The molecule has 0 atom stereocenters. The van der Waals surface area contributed by atoms with Crippen molar-refractivity contribution in [3.05, 3.63) is 30.0 Å². The highest BCUT2D eigenvalue weighted by Gasteiger charge is 2.32. The Morgan fingerprint density at radius 3 is 2.83 bits per heavy atom. The lowest BCUT2D eigenvalue weighted by Crippen LogP contribution is -2.36. The van der Waals surface area contributed by atoms with Crippen molar-refractivity contribution in [1.82, 2.24) is 4.90 Å². The van der Waals surface area contributed by atoms with E-state index < -0.39 is 11.8 Å². The van der Waals surface area contributed by atoms with Gasteiger partial charge in [-0.15, -0.1) is 0 Å². The van der Waals surface area contributed by atoms with Gasteiger partial charge in [-0.05, 0) is 12.1 Å². The fourth-order valence-electron chi connectivity index (χ4n) is 2.50. The van der Waals surface area contributed by atoms with Gasteiger partial charge in [-0.1, -0.05) is 6.07 Å². The van der Waals surface area contributed by atoms with Crippen LogP contribution in [-0.4, -0.2) is 54.5 Å². The van der Waals surface area contributed by atoms with Gasteiger partial charge < -0.3 is 20.1 Å². The van der Waals surface area contributed by atoms with Gasteiger partial charge in [0.1, 0.15) is 17.1 Å². The van der Waals surface area contributed by atoms with Crippen LogP contribution in [0.5, 0.6) is 5.75 Å². The van der Waals surface area contributed by atoms with Crippen LogP contribution in [-0.2, 0) is 14.4 Å². The van der Waals surface area contributed by atoms with Gasteiger partial charge in [0.15, 0.2) is 6.61 Å². The number of amides is 3. The molecule has 8 nitrogen and oxygen atoms in total. The van der Waals surface area contributed by atoms with E-state index in [0.717, 1.165) is 4.90 Å². The summed E-state index contributed by atoms with van der Waals surface area (Å²) in [6, 6.07) is 5.13. The fraction of sp³-hybridized carbons (Fsp3) is 0.267. The van der Waals surface area contributed by atoms with Gasteiger partial charge in [-0.2, -0.15) is 0 Å². The summed E-state index contributed by atoms with van der Waals surface area (Å²) in [4.78, 5) is 38.1. The maximum absolute atomic E-state index is 12.2. The lowest BCUT2D eigenvalue weighted by Gasteiger charge is -2.28. The van der Waals surface area contributed by atoms with Crippen molar-refractivity contribution in [3.8, 4) is 5.75 Å². The molecule has 3 amide bonds. The van der Waals surface area contributed by atoms with Crippen LogP contribution < -0.4 is 15.0 Å². The van der Waals surface area contributed by atoms with Gasteiger partial charge >= 0.3 is 0 Å². The first kappa shape index (κ1) is 15.0. The number of para-hydroxylation sites is 1. The number of β-amino-alcohol motifs (C(OH)–C–C–N with tert-alkyl or cyclic N) is 1. The van der Waals surface area contributed by atoms with E-state index >= 15 is 0 Å². The van der Waals surface area contributed by atoms with E-state index in [-0.39, 0.29) is 31.4 Å². The monoisotopic (exact) mass is 317 g/mol. The third kappa shape index (κ3) is 2.53. The molecule has 0 radical (unpaired) electrons. The number of benzene rings is 1. The van der Waals surface area contributed by atoms with Crippen LogP contribution in [0.2, 0.25) is 0 Å². The quantitative estimate of drug-likeness (QED) is 0.740. The van der Waals surface area contributed by atoms with Crippen LogP contribution in [0, 0.1) is 0 Å². The summed E-state index contributed by atoms with van der Waals surface area (Å²) >= 11 is 0. The minimum Gasteiger partial charge on any atom is -0.481 e. The highest BCUT2D eigenvalue weighted by Crippen LogP contribution is 2.38. The van der Waals surface area contributed by atoms with Crippen molar-refractivity contribution in [1.29, 1.82) is 0 Å². The standard InChI is InChI=1S/C15H15N3O5/c1-17-13(21)8-23-11-4-2-3-9(14(11)17)16-10-7-12(20)18(5-6-19)15(10)22/h2-4,7,16,19H,5-6,8H2,1H3. The molecular weight excluding hydrogens is 302 g/mol. The summed E-state index contributed by atoms with van der Waals surface area (Å²) < 4.78 is 5.37.